The Balaban J connectivity index is 2.17. The van der Waals surface area contributed by atoms with Gasteiger partial charge < -0.3 is 4.90 Å². The van der Waals surface area contributed by atoms with Crippen LogP contribution >= 0.6 is 11.3 Å². The first kappa shape index (κ1) is 13.1. The van der Waals surface area contributed by atoms with Crippen molar-refractivity contribution in [2.75, 3.05) is 11.4 Å². The Bertz CT molecular complexity index is 505. The summed E-state index contributed by atoms with van der Waals surface area (Å²) < 4.78 is 0. The molecule has 0 saturated carbocycles. The molecule has 0 N–H and O–H groups in total. The molecule has 18 heavy (non-hydrogen) atoms. The maximum Gasteiger partial charge on any atom is 0.0926 e. The third-order valence-electron chi connectivity index (χ3n) is 3.09. The molecule has 0 aliphatic heterocycles. The van der Waals surface area contributed by atoms with Crippen LogP contribution in [0.25, 0.3) is 0 Å². The van der Waals surface area contributed by atoms with E-state index >= 15 is 0 Å². The normalized spacial score (nSPS) is 10.6. The molecule has 0 bridgehead atoms. The standard InChI is InChI=1S/C15H20N2S/c1-4-15-16-13(11-18-15)10-17(5-2)14-9-7-6-8-12(14)3/h6-9,11H,4-5,10H2,1-3H3. The molecule has 0 saturated heterocycles. The van der Waals surface area contributed by atoms with Gasteiger partial charge in [0.25, 0.3) is 0 Å². The quantitative estimate of drug-likeness (QED) is 0.806. The highest BCUT2D eigenvalue weighted by molar-refractivity contribution is 7.09. The van der Waals surface area contributed by atoms with E-state index in [1.54, 1.807) is 11.3 Å². The Kier molecular flexibility index (Phi) is 4.37. The fraction of sp³-hybridized carbons (Fsp3) is 0.400. The number of nitrogens with zero attached hydrogens (tertiary/aromatic N) is 2. The molecule has 2 aromatic rings. The van der Waals surface area contributed by atoms with Gasteiger partial charge in [-0.05, 0) is 31.9 Å². The van der Waals surface area contributed by atoms with Crippen LogP contribution < -0.4 is 4.90 Å². The van der Waals surface area contributed by atoms with E-state index in [0.29, 0.717) is 0 Å². The lowest BCUT2D eigenvalue weighted by atomic mass is 10.2. The molecular weight excluding hydrogens is 240 g/mol. The topological polar surface area (TPSA) is 16.1 Å². The molecular formula is C15H20N2S. The Morgan fingerprint density at radius 2 is 2.00 bits per heavy atom. The molecule has 0 fully saturated rings. The molecule has 3 heteroatoms. The smallest absolute Gasteiger partial charge is 0.0926 e. The van der Waals surface area contributed by atoms with Crippen LogP contribution in [0.3, 0.4) is 0 Å². The van der Waals surface area contributed by atoms with Crippen LogP contribution in [0.15, 0.2) is 29.6 Å². The van der Waals surface area contributed by atoms with Crippen molar-refractivity contribution in [1.82, 2.24) is 4.98 Å². The van der Waals surface area contributed by atoms with Gasteiger partial charge in [-0.3, -0.25) is 0 Å². The van der Waals surface area contributed by atoms with Gasteiger partial charge in [-0.1, -0.05) is 25.1 Å². The molecule has 2 rings (SSSR count). The van der Waals surface area contributed by atoms with Crippen molar-refractivity contribution in [3.63, 3.8) is 0 Å². The predicted molar refractivity (Wildman–Crippen MR) is 79.4 cm³/mol. The lowest BCUT2D eigenvalue weighted by molar-refractivity contribution is 0.807. The number of thiazole rings is 1. The summed E-state index contributed by atoms with van der Waals surface area (Å²) in [6.45, 7) is 8.42. The molecule has 1 aromatic heterocycles. The number of rotatable bonds is 5. The van der Waals surface area contributed by atoms with Crippen molar-refractivity contribution >= 4 is 17.0 Å². The van der Waals surface area contributed by atoms with E-state index in [-0.39, 0.29) is 0 Å². The van der Waals surface area contributed by atoms with Gasteiger partial charge in [-0.25, -0.2) is 4.98 Å². The highest BCUT2D eigenvalue weighted by atomic mass is 32.1. The molecule has 0 aliphatic carbocycles. The van der Waals surface area contributed by atoms with Crippen LogP contribution in [0, 0.1) is 6.92 Å². The second kappa shape index (κ2) is 6.01. The molecule has 0 atom stereocenters. The van der Waals surface area contributed by atoms with Gasteiger partial charge in [0.05, 0.1) is 17.2 Å². The van der Waals surface area contributed by atoms with Crippen LogP contribution in [0.1, 0.15) is 30.1 Å². The third-order valence-corrected chi connectivity index (χ3v) is 4.13. The SMILES string of the molecule is CCc1nc(CN(CC)c2ccccc2C)cs1. The Labute approximate surface area is 113 Å². The molecule has 1 aromatic carbocycles. The summed E-state index contributed by atoms with van der Waals surface area (Å²) in [5.41, 5.74) is 3.82. The molecule has 0 amide bonds. The zero-order valence-corrected chi connectivity index (χ0v) is 12.1. The van der Waals surface area contributed by atoms with E-state index in [0.717, 1.165) is 19.5 Å². The summed E-state index contributed by atoms with van der Waals surface area (Å²) in [5, 5.41) is 3.41. The average Bonchev–Trinajstić information content (AvgIpc) is 2.85. The lowest BCUT2D eigenvalue weighted by Crippen LogP contribution is -2.23. The van der Waals surface area contributed by atoms with Gasteiger partial charge in [-0.2, -0.15) is 0 Å². The predicted octanol–water partition coefficient (Wildman–Crippen LogP) is 4.04. The van der Waals surface area contributed by atoms with E-state index in [2.05, 4.69) is 60.3 Å². The van der Waals surface area contributed by atoms with Crippen LogP contribution in [-0.2, 0) is 13.0 Å². The van der Waals surface area contributed by atoms with Gasteiger partial charge in [0.1, 0.15) is 0 Å². The number of anilines is 1. The molecule has 0 radical (unpaired) electrons. The van der Waals surface area contributed by atoms with E-state index in [1.807, 2.05) is 0 Å². The van der Waals surface area contributed by atoms with Crippen LogP contribution in [0.4, 0.5) is 5.69 Å². The highest BCUT2D eigenvalue weighted by Gasteiger charge is 2.09. The summed E-state index contributed by atoms with van der Waals surface area (Å²) in [4.78, 5) is 7.03. The van der Waals surface area contributed by atoms with Crippen molar-refractivity contribution in [1.29, 1.82) is 0 Å². The Morgan fingerprint density at radius 3 is 2.61 bits per heavy atom. The molecule has 0 unspecified atom stereocenters. The van der Waals surface area contributed by atoms with E-state index in [1.165, 1.54) is 22.0 Å². The summed E-state index contributed by atoms with van der Waals surface area (Å²) >= 11 is 1.76. The number of benzene rings is 1. The maximum atomic E-state index is 4.65. The lowest BCUT2D eigenvalue weighted by Gasteiger charge is -2.24. The highest BCUT2D eigenvalue weighted by Crippen LogP contribution is 2.22. The minimum atomic E-state index is 0.901. The first-order chi connectivity index (χ1) is 8.74. The fourth-order valence-corrected chi connectivity index (χ4v) is 2.80. The van der Waals surface area contributed by atoms with Gasteiger partial charge in [0.2, 0.25) is 0 Å². The molecule has 0 aliphatic rings. The zero-order chi connectivity index (χ0) is 13.0. The van der Waals surface area contributed by atoms with E-state index in [4.69, 9.17) is 0 Å². The summed E-state index contributed by atoms with van der Waals surface area (Å²) in [6.07, 6.45) is 1.03. The van der Waals surface area contributed by atoms with Gasteiger partial charge in [0.15, 0.2) is 0 Å². The largest absolute Gasteiger partial charge is 0.366 e. The average molecular weight is 260 g/mol. The first-order valence-electron chi connectivity index (χ1n) is 6.48. The number of hydrogen-bond donors (Lipinski definition) is 0. The summed E-state index contributed by atoms with van der Waals surface area (Å²) in [5.74, 6) is 0. The monoisotopic (exact) mass is 260 g/mol. The Hall–Kier alpha value is -1.35. The number of aryl methyl sites for hydroxylation is 2. The fourth-order valence-electron chi connectivity index (χ4n) is 2.07. The van der Waals surface area contributed by atoms with Gasteiger partial charge >= 0.3 is 0 Å². The number of aromatic nitrogens is 1. The van der Waals surface area contributed by atoms with Crippen LogP contribution in [0.2, 0.25) is 0 Å². The van der Waals surface area contributed by atoms with Crippen LogP contribution in [-0.4, -0.2) is 11.5 Å². The van der Waals surface area contributed by atoms with E-state index in [9.17, 15) is 0 Å². The molecule has 96 valence electrons. The molecule has 2 nitrogen and oxygen atoms in total. The molecule has 0 spiro atoms. The number of para-hydroxylation sites is 1. The zero-order valence-electron chi connectivity index (χ0n) is 11.3. The second-order valence-electron chi connectivity index (χ2n) is 4.39. The third kappa shape index (κ3) is 2.91. The van der Waals surface area contributed by atoms with Gasteiger partial charge in [0, 0.05) is 17.6 Å². The minimum Gasteiger partial charge on any atom is -0.366 e. The van der Waals surface area contributed by atoms with E-state index < -0.39 is 0 Å². The Morgan fingerprint density at radius 1 is 1.22 bits per heavy atom. The van der Waals surface area contributed by atoms with Crippen molar-refractivity contribution in [3.8, 4) is 0 Å². The number of hydrogen-bond acceptors (Lipinski definition) is 3. The summed E-state index contributed by atoms with van der Waals surface area (Å²) in [7, 11) is 0. The van der Waals surface area contributed by atoms with Crippen molar-refractivity contribution in [3.05, 3.63) is 45.9 Å². The minimum absolute atomic E-state index is 0.901. The second-order valence-corrected chi connectivity index (χ2v) is 5.33. The molecule has 1 heterocycles. The first-order valence-corrected chi connectivity index (χ1v) is 7.36. The van der Waals surface area contributed by atoms with Crippen molar-refractivity contribution in [2.24, 2.45) is 0 Å². The maximum absolute atomic E-state index is 4.65. The van der Waals surface area contributed by atoms with Gasteiger partial charge in [-0.15, -0.1) is 11.3 Å². The van der Waals surface area contributed by atoms with Crippen molar-refractivity contribution < 1.29 is 0 Å². The van der Waals surface area contributed by atoms with Crippen molar-refractivity contribution in [2.45, 2.75) is 33.7 Å². The summed E-state index contributed by atoms with van der Waals surface area (Å²) in [6, 6.07) is 8.54. The van der Waals surface area contributed by atoms with Crippen LogP contribution in [0.5, 0.6) is 0 Å².